The summed E-state index contributed by atoms with van der Waals surface area (Å²) < 4.78 is 1.03. The summed E-state index contributed by atoms with van der Waals surface area (Å²) in [7, 11) is 3.81. The number of hydrogen-bond donors (Lipinski definition) is 0. The molecule has 0 fully saturated rings. The van der Waals surface area contributed by atoms with Crippen LogP contribution in [0.25, 0.3) is 0 Å². The molecule has 2 aromatic rings. The van der Waals surface area contributed by atoms with E-state index in [4.69, 9.17) is 49.7 Å². The SMILES string of the molecule is CN(Cc1ccccc1)C(=S)[S-].CN(Cc1ccccc1)C(=S)[S-].[Mg+2]. The van der Waals surface area contributed by atoms with Gasteiger partial charge in [-0.25, -0.2) is 0 Å². The van der Waals surface area contributed by atoms with Gasteiger partial charge >= 0.3 is 23.1 Å². The molecule has 0 amide bonds. The number of nitrogens with zero attached hydrogens (tertiary/aromatic N) is 2. The zero-order valence-electron chi connectivity index (χ0n) is 14.4. The van der Waals surface area contributed by atoms with Crippen molar-refractivity contribution in [3.63, 3.8) is 0 Å². The molecule has 0 heterocycles. The van der Waals surface area contributed by atoms with E-state index >= 15 is 0 Å². The van der Waals surface area contributed by atoms with Crippen LogP contribution in [0.2, 0.25) is 0 Å². The topological polar surface area (TPSA) is 6.48 Å². The average Bonchev–Trinajstić information content (AvgIpc) is 2.57. The van der Waals surface area contributed by atoms with Crippen LogP contribution in [0, 0.1) is 0 Å². The van der Waals surface area contributed by atoms with Gasteiger partial charge in [0.25, 0.3) is 0 Å². The average molecular weight is 417 g/mol. The first-order valence-electron chi connectivity index (χ1n) is 7.32. The number of hydrogen-bond acceptors (Lipinski definition) is 4. The van der Waals surface area contributed by atoms with Crippen LogP contribution in [0.1, 0.15) is 11.1 Å². The predicted octanol–water partition coefficient (Wildman–Crippen LogP) is 3.52. The van der Waals surface area contributed by atoms with Crippen LogP contribution in [0.15, 0.2) is 60.7 Å². The van der Waals surface area contributed by atoms with Crippen molar-refractivity contribution in [3.8, 4) is 0 Å². The Morgan fingerprint density at radius 2 is 1.00 bits per heavy atom. The van der Waals surface area contributed by atoms with Crippen molar-refractivity contribution in [2.24, 2.45) is 0 Å². The molecule has 0 aliphatic heterocycles. The molecule has 0 bridgehead atoms. The van der Waals surface area contributed by atoms with Gasteiger partial charge in [-0.05, 0) is 11.1 Å². The monoisotopic (exact) mass is 416 g/mol. The van der Waals surface area contributed by atoms with Crippen LogP contribution in [0.5, 0.6) is 0 Å². The van der Waals surface area contributed by atoms with Crippen LogP contribution in [0.3, 0.4) is 0 Å². The Morgan fingerprint density at radius 1 is 0.720 bits per heavy atom. The molecule has 2 rings (SSSR count). The molecule has 0 radical (unpaired) electrons. The molecular weight excluding hydrogens is 397 g/mol. The standard InChI is InChI=1S/2C9H11NS2.Mg/c2*1-10(9(11)12)7-8-5-3-2-4-6-8;/h2*2-6H,7H2,1H3,(H,11,12);/q;;+2/p-2. The quantitative estimate of drug-likeness (QED) is 0.424. The first-order chi connectivity index (χ1) is 11.4. The zero-order valence-corrected chi connectivity index (χ0v) is 19.1. The Labute approximate surface area is 189 Å². The largest absolute Gasteiger partial charge is 2.00 e. The first kappa shape index (κ1) is 24.4. The third-order valence-electron chi connectivity index (χ3n) is 3.15. The van der Waals surface area contributed by atoms with E-state index in [-0.39, 0.29) is 23.1 Å². The Hall–Kier alpha value is -0.574. The fourth-order valence-corrected chi connectivity index (χ4v) is 2.10. The van der Waals surface area contributed by atoms with E-state index in [9.17, 15) is 0 Å². The van der Waals surface area contributed by atoms with Crippen molar-refractivity contribution in [2.45, 2.75) is 13.1 Å². The van der Waals surface area contributed by atoms with E-state index < -0.39 is 0 Å². The fraction of sp³-hybridized carbons (Fsp3) is 0.222. The molecule has 0 aliphatic carbocycles. The molecular formula is C18H20MgN2S4. The number of rotatable bonds is 4. The van der Waals surface area contributed by atoms with E-state index in [2.05, 4.69) is 24.3 Å². The zero-order chi connectivity index (χ0) is 17.9. The molecule has 128 valence electrons. The van der Waals surface area contributed by atoms with Gasteiger partial charge in [0.2, 0.25) is 0 Å². The molecule has 0 spiro atoms. The molecule has 0 saturated heterocycles. The molecule has 7 heteroatoms. The summed E-state index contributed by atoms with van der Waals surface area (Å²) in [6.07, 6.45) is 0. The van der Waals surface area contributed by atoms with Crippen LogP contribution in [0.4, 0.5) is 0 Å². The van der Waals surface area contributed by atoms with Gasteiger partial charge in [0.1, 0.15) is 0 Å². The summed E-state index contributed by atoms with van der Waals surface area (Å²) in [6.45, 7) is 1.59. The van der Waals surface area contributed by atoms with E-state index in [0.29, 0.717) is 8.64 Å². The minimum absolute atomic E-state index is 0. The maximum atomic E-state index is 4.86. The van der Waals surface area contributed by atoms with Crippen molar-refractivity contribution < 1.29 is 0 Å². The van der Waals surface area contributed by atoms with Crippen LogP contribution in [-0.2, 0) is 38.3 Å². The Bertz CT molecular complexity index is 581. The molecule has 0 N–H and O–H groups in total. The molecule has 25 heavy (non-hydrogen) atoms. The molecule has 0 unspecified atom stereocenters. The molecule has 0 saturated carbocycles. The smallest absolute Gasteiger partial charge is 0.411 e. The van der Waals surface area contributed by atoms with Gasteiger partial charge in [0, 0.05) is 27.2 Å². The Balaban J connectivity index is 0.000000443. The number of benzene rings is 2. The predicted molar refractivity (Wildman–Crippen MR) is 121 cm³/mol. The molecule has 0 atom stereocenters. The summed E-state index contributed by atoms with van der Waals surface area (Å²) in [6, 6.07) is 20.3. The van der Waals surface area contributed by atoms with Gasteiger partial charge in [-0.2, -0.15) is 0 Å². The second-order valence-electron chi connectivity index (χ2n) is 5.22. The number of thiocarbonyl (C=S) groups is 2. The van der Waals surface area contributed by atoms with Crippen molar-refractivity contribution >= 4 is 81.4 Å². The van der Waals surface area contributed by atoms with Gasteiger partial charge in [0.15, 0.2) is 0 Å². The Kier molecular flexibility index (Phi) is 13.3. The van der Waals surface area contributed by atoms with E-state index in [1.54, 1.807) is 0 Å². The summed E-state index contributed by atoms with van der Waals surface area (Å²) in [4.78, 5) is 3.75. The second-order valence-corrected chi connectivity index (χ2v) is 7.28. The second kappa shape index (κ2) is 13.6. The summed E-state index contributed by atoms with van der Waals surface area (Å²) in [5.74, 6) is 0. The molecule has 2 nitrogen and oxygen atoms in total. The normalized spacial score (nSPS) is 9.04. The van der Waals surface area contributed by atoms with Crippen molar-refractivity contribution in [1.29, 1.82) is 0 Å². The summed E-state index contributed by atoms with van der Waals surface area (Å²) in [5, 5.41) is 0. The van der Waals surface area contributed by atoms with E-state index in [1.165, 1.54) is 11.1 Å². The van der Waals surface area contributed by atoms with E-state index in [1.807, 2.05) is 60.3 Å². The molecule has 2 aromatic carbocycles. The molecule has 0 aliphatic rings. The minimum Gasteiger partial charge on any atom is -0.411 e. The van der Waals surface area contributed by atoms with Gasteiger partial charge < -0.3 is 59.5 Å². The van der Waals surface area contributed by atoms with Gasteiger partial charge in [-0.15, -0.1) is 0 Å². The van der Waals surface area contributed by atoms with Crippen LogP contribution < -0.4 is 0 Å². The first-order valence-corrected chi connectivity index (χ1v) is 8.95. The van der Waals surface area contributed by atoms with Crippen molar-refractivity contribution in [2.75, 3.05) is 14.1 Å². The maximum absolute atomic E-state index is 4.86. The summed E-state index contributed by atoms with van der Waals surface area (Å²) in [5.41, 5.74) is 2.46. The van der Waals surface area contributed by atoms with Gasteiger partial charge in [-0.3, -0.25) is 0 Å². The third-order valence-corrected chi connectivity index (χ3v) is 4.40. The van der Waals surface area contributed by atoms with E-state index in [0.717, 1.165) is 13.1 Å². The van der Waals surface area contributed by atoms with Gasteiger partial charge in [-0.1, -0.05) is 69.3 Å². The Morgan fingerprint density at radius 3 is 1.24 bits per heavy atom. The fourth-order valence-electron chi connectivity index (χ4n) is 1.84. The van der Waals surface area contributed by atoms with Gasteiger partial charge in [0.05, 0.1) is 0 Å². The molecule has 0 aromatic heterocycles. The maximum Gasteiger partial charge on any atom is 2.00 e. The van der Waals surface area contributed by atoms with Crippen molar-refractivity contribution in [1.82, 2.24) is 9.80 Å². The van der Waals surface area contributed by atoms with Crippen LogP contribution >= 0.6 is 24.4 Å². The van der Waals surface area contributed by atoms with Crippen molar-refractivity contribution in [3.05, 3.63) is 71.8 Å². The minimum atomic E-state index is 0. The summed E-state index contributed by atoms with van der Waals surface area (Å²) >= 11 is 19.4. The van der Waals surface area contributed by atoms with Crippen LogP contribution in [-0.4, -0.2) is 55.6 Å². The third kappa shape index (κ3) is 10.9.